The van der Waals surface area contributed by atoms with Gasteiger partial charge in [-0.3, -0.25) is 9.59 Å². The van der Waals surface area contributed by atoms with Gasteiger partial charge in [0.2, 0.25) is 0 Å². The number of nitrogens with one attached hydrogen (secondary N) is 1. The molecule has 0 aromatic rings. The van der Waals surface area contributed by atoms with E-state index in [0.717, 1.165) is 7.11 Å². The number of amides is 1. The summed E-state index contributed by atoms with van der Waals surface area (Å²) in [6, 6.07) is -0.882. The minimum Gasteiger partial charge on any atom is -0.469 e. The number of halogens is 3. The average Bonchev–Trinajstić information content (AvgIpc) is 2.55. The van der Waals surface area contributed by atoms with E-state index in [1.165, 1.54) is 0 Å². The van der Waals surface area contributed by atoms with Crippen molar-refractivity contribution in [3.8, 4) is 0 Å². The number of ether oxygens (including phenoxy) is 1. The number of methoxy groups -OCH3 is 1. The summed E-state index contributed by atoms with van der Waals surface area (Å²) in [6.45, 7) is 0. The van der Waals surface area contributed by atoms with Gasteiger partial charge in [0.1, 0.15) is 6.10 Å². The van der Waals surface area contributed by atoms with E-state index < -0.39 is 39.8 Å². The first-order valence-electron chi connectivity index (χ1n) is 5.00. The number of rotatable bonds is 2. The normalized spacial score (nSPS) is 32.1. The van der Waals surface area contributed by atoms with E-state index in [9.17, 15) is 19.8 Å². The van der Waals surface area contributed by atoms with E-state index in [4.69, 9.17) is 34.8 Å². The Bertz CT molecular complexity index is 346. The van der Waals surface area contributed by atoms with Gasteiger partial charge < -0.3 is 20.3 Å². The molecule has 1 aliphatic carbocycles. The second-order valence-electron chi connectivity index (χ2n) is 3.92. The molecule has 104 valence electrons. The highest BCUT2D eigenvalue weighted by atomic mass is 35.6. The van der Waals surface area contributed by atoms with Crippen molar-refractivity contribution in [2.45, 2.75) is 28.5 Å². The molecule has 0 radical (unpaired) electrons. The summed E-state index contributed by atoms with van der Waals surface area (Å²) in [5, 5.41) is 21.6. The largest absolute Gasteiger partial charge is 0.469 e. The van der Waals surface area contributed by atoms with E-state index in [-0.39, 0.29) is 6.42 Å². The van der Waals surface area contributed by atoms with Gasteiger partial charge >= 0.3 is 5.97 Å². The van der Waals surface area contributed by atoms with Gasteiger partial charge in [0, 0.05) is 0 Å². The zero-order chi connectivity index (χ0) is 14.1. The molecule has 4 atom stereocenters. The van der Waals surface area contributed by atoms with Gasteiger partial charge in [-0.05, 0) is 6.42 Å². The fraction of sp³-hybridized carbons (Fsp3) is 0.778. The average molecular weight is 321 g/mol. The Balaban J connectivity index is 2.70. The third kappa shape index (κ3) is 3.39. The molecular weight excluding hydrogens is 308 g/mol. The summed E-state index contributed by atoms with van der Waals surface area (Å²) in [5.74, 6) is -2.54. The quantitative estimate of drug-likeness (QED) is 0.482. The molecule has 0 bridgehead atoms. The van der Waals surface area contributed by atoms with Crippen LogP contribution in [0, 0.1) is 5.92 Å². The van der Waals surface area contributed by atoms with Crippen molar-refractivity contribution in [2.75, 3.05) is 7.11 Å². The Hall–Kier alpha value is -0.270. The van der Waals surface area contributed by atoms with Crippen LogP contribution in [0.2, 0.25) is 0 Å². The van der Waals surface area contributed by atoms with Crippen LogP contribution in [0.15, 0.2) is 0 Å². The molecule has 6 nitrogen and oxygen atoms in total. The molecular formula is C9H12Cl3NO5. The first-order chi connectivity index (χ1) is 8.18. The molecule has 0 spiro atoms. The smallest absolute Gasteiger partial charge is 0.311 e. The minimum atomic E-state index is -2.17. The molecule has 1 rings (SSSR count). The van der Waals surface area contributed by atoms with Gasteiger partial charge in [0.25, 0.3) is 9.70 Å². The number of hydrogen-bond acceptors (Lipinski definition) is 5. The molecule has 1 saturated carbocycles. The van der Waals surface area contributed by atoms with Crippen molar-refractivity contribution in [3.63, 3.8) is 0 Å². The molecule has 0 aromatic carbocycles. The SMILES string of the molecule is COC(=O)[C@H]1C[C@@H](NC(=O)C(Cl)(Cl)Cl)[C@@H](O)[C@H]1O. The van der Waals surface area contributed by atoms with E-state index in [2.05, 4.69) is 10.1 Å². The number of esters is 1. The van der Waals surface area contributed by atoms with Gasteiger partial charge in [-0.1, -0.05) is 34.8 Å². The second-order valence-corrected chi connectivity index (χ2v) is 6.21. The topological polar surface area (TPSA) is 95.9 Å². The third-order valence-electron chi connectivity index (χ3n) is 2.76. The van der Waals surface area contributed by atoms with Gasteiger partial charge in [0.05, 0.1) is 25.2 Å². The predicted octanol–water partition coefficient (Wildman–Crippen LogP) is -0.244. The van der Waals surface area contributed by atoms with Crippen LogP contribution in [0.5, 0.6) is 0 Å². The fourth-order valence-electron chi connectivity index (χ4n) is 1.81. The lowest BCUT2D eigenvalue weighted by atomic mass is 10.1. The van der Waals surface area contributed by atoms with Crippen LogP contribution in [0.25, 0.3) is 0 Å². The zero-order valence-corrected chi connectivity index (χ0v) is 11.5. The van der Waals surface area contributed by atoms with Crippen LogP contribution in [-0.4, -0.2) is 51.2 Å². The molecule has 1 fully saturated rings. The van der Waals surface area contributed by atoms with Crippen molar-refractivity contribution in [2.24, 2.45) is 5.92 Å². The zero-order valence-electron chi connectivity index (χ0n) is 9.27. The maximum atomic E-state index is 11.4. The van der Waals surface area contributed by atoms with Crippen LogP contribution >= 0.6 is 34.8 Å². The fourth-order valence-corrected chi connectivity index (χ4v) is 1.97. The molecule has 0 heterocycles. The highest BCUT2D eigenvalue weighted by molar-refractivity contribution is 6.76. The predicted molar refractivity (Wildman–Crippen MR) is 64.4 cm³/mol. The Morgan fingerprint density at radius 2 is 1.83 bits per heavy atom. The summed E-state index contributed by atoms with van der Waals surface area (Å²) >= 11 is 16.1. The van der Waals surface area contributed by atoms with Gasteiger partial charge in [-0.2, -0.15) is 0 Å². The maximum absolute atomic E-state index is 11.4. The van der Waals surface area contributed by atoms with E-state index >= 15 is 0 Å². The van der Waals surface area contributed by atoms with Crippen molar-refractivity contribution >= 4 is 46.7 Å². The van der Waals surface area contributed by atoms with Crippen molar-refractivity contribution < 1.29 is 24.5 Å². The number of hydrogen-bond donors (Lipinski definition) is 3. The third-order valence-corrected chi connectivity index (χ3v) is 3.28. The number of carbonyl (C=O) groups is 2. The molecule has 3 N–H and O–H groups in total. The van der Waals surface area contributed by atoms with Crippen molar-refractivity contribution in [1.82, 2.24) is 5.32 Å². The Morgan fingerprint density at radius 1 is 1.28 bits per heavy atom. The summed E-state index contributed by atoms with van der Waals surface area (Å²) in [6.07, 6.45) is -2.66. The Labute approximate surface area is 118 Å². The lowest BCUT2D eigenvalue weighted by Crippen LogP contribution is -2.47. The van der Waals surface area contributed by atoms with Crippen LogP contribution in [0.1, 0.15) is 6.42 Å². The van der Waals surface area contributed by atoms with Crippen LogP contribution in [0.4, 0.5) is 0 Å². The van der Waals surface area contributed by atoms with E-state index in [1.54, 1.807) is 0 Å². The summed E-state index contributed by atoms with van der Waals surface area (Å²) in [4.78, 5) is 22.7. The minimum absolute atomic E-state index is 0.00148. The Morgan fingerprint density at radius 3 is 2.28 bits per heavy atom. The summed E-state index contributed by atoms with van der Waals surface area (Å²) in [5.41, 5.74) is 0. The first-order valence-corrected chi connectivity index (χ1v) is 6.13. The van der Waals surface area contributed by atoms with Crippen LogP contribution < -0.4 is 5.32 Å². The van der Waals surface area contributed by atoms with Gasteiger partial charge in [-0.15, -0.1) is 0 Å². The monoisotopic (exact) mass is 319 g/mol. The summed E-state index contributed by atoms with van der Waals surface area (Å²) < 4.78 is 2.30. The lowest BCUT2D eigenvalue weighted by molar-refractivity contribution is -0.149. The lowest BCUT2D eigenvalue weighted by Gasteiger charge is -2.20. The number of aliphatic hydroxyl groups excluding tert-OH is 2. The number of carbonyl (C=O) groups excluding carboxylic acids is 2. The van der Waals surface area contributed by atoms with Crippen LogP contribution in [0.3, 0.4) is 0 Å². The Kier molecular flexibility index (Phi) is 5.08. The standard InChI is InChI=1S/C9H12Cl3NO5/c1-18-7(16)3-2-4(6(15)5(3)14)13-8(17)9(10,11)12/h3-6,14-15H,2H2,1H3,(H,13,17)/t3-,4+,5-,6+/m0/s1. The van der Waals surface area contributed by atoms with Crippen molar-refractivity contribution in [3.05, 3.63) is 0 Å². The van der Waals surface area contributed by atoms with E-state index in [0.29, 0.717) is 0 Å². The summed E-state index contributed by atoms with van der Waals surface area (Å²) in [7, 11) is 1.16. The molecule has 18 heavy (non-hydrogen) atoms. The highest BCUT2D eigenvalue weighted by Crippen LogP contribution is 2.30. The highest BCUT2D eigenvalue weighted by Gasteiger charge is 2.47. The van der Waals surface area contributed by atoms with Gasteiger partial charge in [0.15, 0.2) is 0 Å². The molecule has 0 aliphatic heterocycles. The maximum Gasteiger partial charge on any atom is 0.311 e. The van der Waals surface area contributed by atoms with Crippen molar-refractivity contribution in [1.29, 1.82) is 0 Å². The second kappa shape index (κ2) is 5.79. The number of aliphatic hydroxyl groups is 2. The molecule has 1 aliphatic rings. The molecule has 0 aromatic heterocycles. The van der Waals surface area contributed by atoms with Crippen LogP contribution in [-0.2, 0) is 14.3 Å². The van der Waals surface area contributed by atoms with Gasteiger partial charge in [-0.25, -0.2) is 0 Å². The molecule has 9 heteroatoms. The number of alkyl halides is 3. The molecule has 1 amide bonds. The first kappa shape index (κ1) is 15.8. The van der Waals surface area contributed by atoms with E-state index in [1.807, 2.05) is 0 Å². The molecule has 0 unspecified atom stereocenters. The molecule has 0 saturated heterocycles.